The van der Waals surface area contributed by atoms with Gasteiger partial charge >= 0.3 is 6.03 Å². The van der Waals surface area contributed by atoms with E-state index in [1.54, 1.807) is 18.5 Å². The predicted octanol–water partition coefficient (Wildman–Crippen LogP) is 2.08. The highest BCUT2D eigenvalue weighted by Gasteiger charge is 2.10. The summed E-state index contributed by atoms with van der Waals surface area (Å²) in [5.41, 5.74) is 0.720. The SMILES string of the molecule is O=C(NCCCCN1CCCC1)Nc1cccnc1. The number of unbranched alkanes of at least 4 members (excludes halogenated alkanes) is 1. The molecule has 0 aliphatic carbocycles. The van der Waals surface area contributed by atoms with E-state index >= 15 is 0 Å². The third-order valence-electron chi connectivity index (χ3n) is 3.30. The number of urea groups is 1. The van der Waals surface area contributed by atoms with Crippen molar-refractivity contribution < 1.29 is 4.79 Å². The molecular weight excluding hydrogens is 240 g/mol. The minimum absolute atomic E-state index is 0.158. The lowest BCUT2D eigenvalue weighted by Crippen LogP contribution is -2.30. The molecule has 19 heavy (non-hydrogen) atoms. The molecule has 5 nitrogen and oxygen atoms in total. The van der Waals surface area contributed by atoms with E-state index in [9.17, 15) is 4.79 Å². The third-order valence-corrected chi connectivity index (χ3v) is 3.30. The lowest BCUT2D eigenvalue weighted by atomic mass is 10.3. The maximum atomic E-state index is 11.6. The molecule has 1 aliphatic rings. The van der Waals surface area contributed by atoms with Crippen LogP contribution >= 0.6 is 0 Å². The second kappa shape index (κ2) is 7.74. The van der Waals surface area contributed by atoms with Crippen LogP contribution in [0.4, 0.5) is 10.5 Å². The molecule has 0 aromatic carbocycles. The van der Waals surface area contributed by atoms with Gasteiger partial charge in [-0.2, -0.15) is 0 Å². The van der Waals surface area contributed by atoms with Gasteiger partial charge in [0.15, 0.2) is 0 Å². The van der Waals surface area contributed by atoms with E-state index < -0.39 is 0 Å². The Balaban J connectivity index is 1.51. The summed E-state index contributed by atoms with van der Waals surface area (Å²) in [5, 5.41) is 5.61. The first-order valence-electron chi connectivity index (χ1n) is 7.02. The molecule has 0 bridgehead atoms. The number of pyridine rings is 1. The summed E-state index contributed by atoms with van der Waals surface area (Å²) in [4.78, 5) is 18.0. The molecule has 1 aliphatic heterocycles. The van der Waals surface area contributed by atoms with Gasteiger partial charge in [0, 0.05) is 12.7 Å². The summed E-state index contributed by atoms with van der Waals surface area (Å²) in [6.07, 6.45) is 8.16. The van der Waals surface area contributed by atoms with Crippen molar-refractivity contribution in [2.45, 2.75) is 25.7 Å². The molecule has 0 saturated carbocycles. The Bertz CT molecular complexity index is 376. The number of rotatable bonds is 6. The van der Waals surface area contributed by atoms with Gasteiger partial charge in [-0.15, -0.1) is 0 Å². The molecule has 0 spiro atoms. The van der Waals surface area contributed by atoms with Crippen molar-refractivity contribution in [1.82, 2.24) is 15.2 Å². The number of hydrogen-bond donors (Lipinski definition) is 2. The number of amides is 2. The number of aromatic nitrogens is 1. The molecule has 1 fully saturated rings. The summed E-state index contributed by atoms with van der Waals surface area (Å²) in [6, 6.07) is 3.46. The predicted molar refractivity (Wildman–Crippen MR) is 76.2 cm³/mol. The first-order chi connectivity index (χ1) is 9.34. The van der Waals surface area contributed by atoms with Crippen molar-refractivity contribution in [3.8, 4) is 0 Å². The van der Waals surface area contributed by atoms with Crippen molar-refractivity contribution in [1.29, 1.82) is 0 Å². The Morgan fingerprint density at radius 1 is 1.32 bits per heavy atom. The number of likely N-dealkylation sites (tertiary alicyclic amines) is 1. The van der Waals surface area contributed by atoms with E-state index in [0.29, 0.717) is 0 Å². The smallest absolute Gasteiger partial charge is 0.319 e. The molecule has 104 valence electrons. The number of nitrogens with one attached hydrogen (secondary N) is 2. The number of carbonyl (C=O) groups is 1. The highest BCUT2D eigenvalue weighted by molar-refractivity contribution is 5.88. The van der Waals surface area contributed by atoms with Gasteiger partial charge in [0.25, 0.3) is 0 Å². The normalized spacial score (nSPS) is 15.4. The zero-order chi connectivity index (χ0) is 13.3. The second-order valence-electron chi connectivity index (χ2n) is 4.88. The molecule has 1 aromatic rings. The molecule has 2 N–H and O–H groups in total. The monoisotopic (exact) mass is 262 g/mol. The van der Waals surface area contributed by atoms with E-state index in [-0.39, 0.29) is 6.03 Å². The molecule has 2 heterocycles. The highest BCUT2D eigenvalue weighted by atomic mass is 16.2. The second-order valence-corrected chi connectivity index (χ2v) is 4.88. The molecule has 5 heteroatoms. The van der Waals surface area contributed by atoms with Crippen LogP contribution < -0.4 is 10.6 Å². The molecule has 0 atom stereocenters. The Morgan fingerprint density at radius 2 is 2.16 bits per heavy atom. The van der Waals surface area contributed by atoms with Crippen LogP contribution in [-0.2, 0) is 0 Å². The zero-order valence-corrected chi connectivity index (χ0v) is 11.3. The van der Waals surface area contributed by atoms with Gasteiger partial charge in [-0.1, -0.05) is 0 Å². The van der Waals surface area contributed by atoms with Crippen LogP contribution in [0.25, 0.3) is 0 Å². The van der Waals surface area contributed by atoms with Gasteiger partial charge in [-0.3, -0.25) is 4.98 Å². The quantitative estimate of drug-likeness (QED) is 0.772. The van der Waals surface area contributed by atoms with Gasteiger partial charge < -0.3 is 15.5 Å². The van der Waals surface area contributed by atoms with E-state index in [1.165, 1.54) is 25.9 Å². The van der Waals surface area contributed by atoms with Gasteiger partial charge in [-0.05, 0) is 57.5 Å². The average Bonchev–Trinajstić information content (AvgIpc) is 2.92. The average molecular weight is 262 g/mol. The van der Waals surface area contributed by atoms with Crippen LogP contribution in [0.1, 0.15) is 25.7 Å². The van der Waals surface area contributed by atoms with Gasteiger partial charge in [0.1, 0.15) is 0 Å². The van der Waals surface area contributed by atoms with Gasteiger partial charge in [-0.25, -0.2) is 4.79 Å². The summed E-state index contributed by atoms with van der Waals surface area (Å²) in [6.45, 7) is 4.37. The first-order valence-corrected chi connectivity index (χ1v) is 7.02. The first kappa shape index (κ1) is 13.8. The lowest BCUT2D eigenvalue weighted by molar-refractivity contribution is 0.251. The van der Waals surface area contributed by atoms with E-state index in [0.717, 1.165) is 31.6 Å². The topological polar surface area (TPSA) is 57.3 Å². The number of anilines is 1. The summed E-state index contributed by atoms with van der Waals surface area (Å²) >= 11 is 0. The molecule has 2 rings (SSSR count). The van der Waals surface area contributed by atoms with Crippen molar-refractivity contribution in [3.63, 3.8) is 0 Å². The third kappa shape index (κ3) is 5.26. The van der Waals surface area contributed by atoms with Crippen LogP contribution in [0.3, 0.4) is 0 Å². The standard InChI is InChI=1S/C14H22N4O/c19-14(17-13-6-5-7-15-12-13)16-8-1-2-9-18-10-3-4-11-18/h5-7,12H,1-4,8-11H2,(H2,16,17,19). The Labute approximate surface area is 114 Å². The molecule has 1 saturated heterocycles. The maximum absolute atomic E-state index is 11.6. The highest BCUT2D eigenvalue weighted by Crippen LogP contribution is 2.08. The van der Waals surface area contributed by atoms with Gasteiger partial charge in [0.2, 0.25) is 0 Å². The van der Waals surface area contributed by atoms with Crippen LogP contribution in [-0.4, -0.2) is 42.1 Å². The van der Waals surface area contributed by atoms with Crippen molar-refractivity contribution in [2.75, 3.05) is 31.5 Å². The molecule has 1 aromatic heterocycles. The molecular formula is C14H22N4O. The number of nitrogens with zero attached hydrogens (tertiary/aromatic N) is 2. The van der Waals surface area contributed by atoms with E-state index in [1.807, 2.05) is 6.07 Å². The van der Waals surface area contributed by atoms with Gasteiger partial charge in [0.05, 0.1) is 11.9 Å². The largest absolute Gasteiger partial charge is 0.338 e. The van der Waals surface area contributed by atoms with Crippen molar-refractivity contribution >= 4 is 11.7 Å². The minimum Gasteiger partial charge on any atom is -0.338 e. The minimum atomic E-state index is -0.158. The summed E-state index contributed by atoms with van der Waals surface area (Å²) in [7, 11) is 0. The van der Waals surface area contributed by atoms with Crippen LogP contribution in [0.15, 0.2) is 24.5 Å². The molecule has 2 amide bonds. The van der Waals surface area contributed by atoms with E-state index in [4.69, 9.17) is 0 Å². The summed E-state index contributed by atoms with van der Waals surface area (Å²) < 4.78 is 0. The Kier molecular flexibility index (Phi) is 5.62. The lowest BCUT2D eigenvalue weighted by Gasteiger charge is -2.14. The van der Waals surface area contributed by atoms with Crippen LogP contribution in [0.2, 0.25) is 0 Å². The molecule has 0 unspecified atom stereocenters. The maximum Gasteiger partial charge on any atom is 0.319 e. The Morgan fingerprint density at radius 3 is 2.89 bits per heavy atom. The summed E-state index contributed by atoms with van der Waals surface area (Å²) in [5.74, 6) is 0. The van der Waals surface area contributed by atoms with Crippen molar-refractivity contribution in [2.24, 2.45) is 0 Å². The molecule has 0 radical (unpaired) electrons. The van der Waals surface area contributed by atoms with E-state index in [2.05, 4.69) is 20.5 Å². The number of hydrogen-bond acceptors (Lipinski definition) is 3. The number of carbonyl (C=O) groups excluding carboxylic acids is 1. The fourth-order valence-electron chi connectivity index (χ4n) is 2.28. The zero-order valence-electron chi connectivity index (χ0n) is 11.3. The van der Waals surface area contributed by atoms with Crippen molar-refractivity contribution in [3.05, 3.63) is 24.5 Å². The fourth-order valence-corrected chi connectivity index (χ4v) is 2.28. The Hall–Kier alpha value is -1.62. The fraction of sp³-hybridized carbons (Fsp3) is 0.571. The van der Waals surface area contributed by atoms with Crippen LogP contribution in [0.5, 0.6) is 0 Å². The van der Waals surface area contributed by atoms with Crippen LogP contribution in [0, 0.1) is 0 Å².